The largest absolute Gasteiger partial charge is 0.329 e. The molecule has 0 aromatic rings. The lowest BCUT2D eigenvalue weighted by molar-refractivity contribution is 0.242. The predicted molar refractivity (Wildman–Crippen MR) is 60.9 cm³/mol. The molecule has 0 bridgehead atoms. The van der Waals surface area contributed by atoms with Gasteiger partial charge in [0.05, 0.1) is 0 Å². The number of allylic oxidation sites excluding steroid dienone is 1. The topological polar surface area (TPSA) is 29.3 Å². The first-order chi connectivity index (χ1) is 6.08. The Morgan fingerprint density at radius 2 is 2.08 bits per heavy atom. The monoisotopic (exact) mass is 200 g/mol. The Kier molecular flexibility index (Phi) is 3.83. The molecule has 0 aliphatic carbocycles. The zero-order chi connectivity index (χ0) is 9.90. The van der Waals surface area contributed by atoms with E-state index in [0.717, 1.165) is 19.6 Å². The van der Waals surface area contributed by atoms with Crippen molar-refractivity contribution in [2.24, 2.45) is 5.73 Å². The molecular formula is C10H20N2S. The predicted octanol–water partition coefficient (Wildman–Crippen LogP) is 1.68. The van der Waals surface area contributed by atoms with Crippen LogP contribution >= 0.6 is 11.8 Å². The van der Waals surface area contributed by atoms with Crippen LogP contribution in [0.2, 0.25) is 0 Å². The van der Waals surface area contributed by atoms with E-state index < -0.39 is 0 Å². The van der Waals surface area contributed by atoms with Gasteiger partial charge in [0.1, 0.15) is 0 Å². The second-order valence-electron chi connectivity index (χ2n) is 3.99. The quantitative estimate of drug-likeness (QED) is 0.751. The number of likely N-dealkylation sites (tertiary alicyclic amines) is 1. The highest BCUT2D eigenvalue weighted by Crippen LogP contribution is 2.38. The average molecular weight is 200 g/mol. The van der Waals surface area contributed by atoms with Gasteiger partial charge in [-0.3, -0.25) is 0 Å². The van der Waals surface area contributed by atoms with E-state index in [2.05, 4.69) is 25.5 Å². The second-order valence-corrected chi connectivity index (χ2v) is 5.76. The summed E-state index contributed by atoms with van der Waals surface area (Å²) in [5, 5.41) is 0. The van der Waals surface area contributed by atoms with Crippen LogP contribution in [0, 0.1) is 0 Å². The molecule has 0 unspecified atom stereocenters. The van der Waals surface area contributed by atoms with Gasteiger partial charge in [0, 0.05) is 11.3 Å². The van der Waals surface area contributed by atoms with Crippen LogP contribution < -0.4 is 5.73 Å². The molecule has 0 spiro atoms. The van der Waals surface area contributed by atoms with Crippen molar-refractivity contribution < 1.29 is 0 Å². The van der Waals surface area contributed by atoms with Gasteiger partial charge in [0.25, 0.3) is 0 Å². The van der Waals surface area contributed by atoms with E-state index in [4.69, 9.17) is 5.73 Å². The normalized spacial score (nSPS) is 23.0. The standard InChI is InChI=1S/C10H20N2S/c1-9(2)13-10(8-11)4-6-12(3)7-5-10/h1,4-8,11H2,2-3H3. The summed E-state index contributed by atoms with van der Waals surface area (Å²) in [6.45, 7) is 9.13. The van der Waals surface area contributed by atoms with E-state index >= 15 is 0 Å². The fourth-order valence-corrected chi connectivity index (χ4v) is 2.95. The zero-order valence-corrected chi connectivity index (χ0v) is 9.49. The van der Waals surface area contributed by atoms with Gasteiger partial charge in [-0.2, -0.15) is 0 Å². The molecule has 1 fully saturated rings. The molecule has 76 valence electrons. The number of hydrogen-bond donors (Lipinski definition) is 1. The molecule has 2 nitrogen and oxygen atoms in total. The summed E-state index contributed by atoms with van der Waals surface area (Å²) < 4.78 is 0.276. The Morgan fingerprint density at radius 1 is 1.54 bits per heavy atom. The Morgan fingerprint density at radius 3 is 2.46 bits per heavy atom. The van der Waals surface area contributed by atoms with Crippen LogP contribution in [0.1, 0.15) is 19.8 Å². The van der Waals surface area contributed by atoms with E-state index in [0.29, 0.717) is 0 Å². The minimum atomic E-state index is 0.276. The van der Waals surface area contributed by atoms with E-state index in [-0.39, 0.29) is 4.75 Å². The second kappa shape index (κ2) is 4.49. The summed E-state index contributed by atoms with van der Waals surface area (Å²) in [7, 11) is 2.17. The van der Waals surface area contributed by atoms with Crippen LogP contribution in [0.5, 0.6) is 0 Å². The summed E-state index contributed by atoms with van der Waals surface area (Å²) in [6, 6.07) is 0. The van der Waals surface area contributed by atoms with E-state index in [1.165, 1.54) is 17.7 Å². The van der Waals surface area contributed by atoms with Gasteiger partial charge >= 0.3 is 0 Å². The summed E-state index contributed by atoms with van der Waals surface area (Å²) in [6.07, 6.45) is 2.38. The van der Waals surface area contributed by atoms with Crippen molar-refractivity contribution in [3.8, 4) is 0 Å². The molecule has 1 rings (SSSR count). The molecule has 0 saturated carbocycles. The Balaban J connectivity index is 2.55. The smallest absolute Gasteiger partial charge is 0.0350 e. The molecule has 1 heterocycles. The van der Waals surface area contributed by atoms with Gasteiger partial charge in [-0.1, -0.05) is 6.58 Å². The van der Waals surface area contributed by atoms with Crippen LogP contribution in [0.15, 0.2) is 11.5 Å². The lowest BCUT2D eigenvalue weighted by atomic mass is 9.96. The van der Waals surface area contributed by atoms with Gasteiger partial charge in [0.15, 0.2) is 0 Å². The number of nitrogens with two attached hydrogens (primary N) is 1. The summed E-state index contributed by atoms with van der Waals surface area (Å²) in [4.78, 5) is 3.56. The minimum absolute atomic E-state index is 0.276. The first-order valence-electron chi connectivity index (χ1n) is 4.81. The maximum absolute atomic E-state index is 5.85. The maximum Gasteiger partial charge on any atom is 0.0350 e. The third kappa shape index (κ3) is 3.01. The van der Waals surface area contributed by atoms with Crippen molar-refractivity contribution in [1.29, 1.82) is 0 Å². The maximum atomic E-state index is 5.85. The Bertz CT molecular complexity index is 183. The average Bonchev–Trinajstić information content (AvgIpc) is 2.09. The molecule has 0 radical (unpaired) electrons. The van der Waals surface area contributed by atoms with Crippen molar-refractivity contribution in [1.82, 2.24) is 4.90 Å². The molecule has 0 atom stereocenters. The Labute approximate surface area is 85.6 Å². The number of thioether (sulfide) groups is 1. The molecule has 0 aromatic heterocycles. The van der Waals surface area contributed by atoms with Gasteiger partial charge in [-0.05, 0) is 44.8 Å². The van der Waals surface area contributed by atoms with Crippen LogP contribution in [0.4, 0.5) is 0 Å². The Hall–Kier alpha value is 0.01000. The molecule has 13 heavy (non-hydrogen) atoms. The molecule has 0 aromatic carbocycles. The van der Waals surface area contributed by atoms with E-state index in [1.54, 1.807) is 0 Å². The van der Waals surface area contributed by atoms with Gasteiger partial charge in [-0.25, -0.2) is 0 Å². The lowest BCUT2D eigenvalue weighted by Crippen LogP contribution is -2.45. The molecule has 1 saturated heterocycles. The first-order valence-corrected chi connectivity index (χ1v) is 5.63. The number of hydrogen-bond acceptors (Lipinski definition) is 3. The van der Waals surface area contributed by atoms with Crippen LogP contribution in [-0.4, -0.2) is 36.3 Å². The highest BCUT2D eigenvalue weighted by atomic mass is 32.2. The third-order valence-electron chi connectivity index (χ3n) is 2.66. The minimum Gasteiger partial charge on any atom is -0.329 e. The molecule has 1 aliphatic rings. The number of piperidine rings is 1. The van der Waals surface area contributed by atoms with Crippen LogP contribution in [0.3, 0.4) is 0 Å². The fraction of sp³-hybridized carbons (Fsp3) is 0.800. The van der Waals surface area contributed by atoms with Crippen molar-refractivity contribution in [2.45, 2.75) is 24.5 Å². The molecule has 1 aliphatic heterocycles. The SMILES string of the molecule is C=C(C)SC1(CN)CCN(C)CC1. The lowest BCUT2D eigenvalue weighted by Gasteiger charge is -2.39. The number of nitrogens with zero attached hydrogens (tertiary/aromatic N) is 1. The van der Waals surface area contributed by atoms with Crippen LogP contribution in [-0.2, 0) is 0 Å². The van der Waals surface area contributed by atoms with Crippen molar-refractivity contribution >= 4 is 11.8 Å². The van der Waals surface area contributed by atoms with Gasteiger partial charge in [-0.15, -0.1) is 11.8 Å². The zero-order valence-electron chi connectivity index (χ0n) is 8.68. The summed E-state index contributed by atoms with van der Waals surface area (Å²) >= 11 is 1.88. The molecule has 2 N–H and O–H groups in total. The fourth-order valence-electron chi connectivity index (χ4n) is 1.74. The highest BCUT2D eigenvalue weighted by Gasteiger charge is 2.32. The first kappa shape index (κ1) is 11.1. The van der Waals surface area contributed by atoms with E-state index in [1.807, 2.05) is 11.8 Å². The van der Waals surface area contributed by atoms with Gasteiger partial charge in [0.2, 0.25) is 0 Å². The summed E-state index contributed by atoms with van der Waals surface area (Å²) in [5.74, 6) is 0. The molecular weight excluding hydrogens is 180 g/mol. The van der Waals surface area contributed by atoms with Crippen molar-refractivity contribution in [2.75, 3.05) is 26.7 Å². The third-order valence-corrected chi connectivity index (χ3v) is 4.02. The summed E-state index contributed by atoms with van der Waals surface area (Å²) in [5.41, 5.74) is 5.85. The molecule has 0 amide bonds. The van der Waals surface area contributed by atoms with Crippen LogP contribution in [0.25, 0.3) is 0 Å². The van der Waals surface area contributed by atoms with Crippen molar-refractivity contribution in [3.05, 3.63) is 11.5 Å². The molecule has 3 heteroatoms. The highest BCUT2D eigenvalue weighted by molar-refractivity contribution is 8.04. The van der Waals surface area contributed by atoms with Crippen molar-refractivity contribution in [3.63, 3.8) is 0 Å². The van der Waals surface area contributed by atoms with E-state index in [9.17, 15) is 0 Å². The van der Waals surface area contributed by atoms with Gasteiger partial charge < -0.3 is 10.6 Å². The number of rotatable bonds is 3.